The molecule has 4 heteroatoms. The Kier molecular flexibility index (Phi) is 5.25. The van der Waals surface area contributed by atoms with E-state index in [1.54, 1.807) is 0 Å². The first-order valence-electron chi connectivity index (χ1n) is 7.76. The van der Waals surface area contributed by atoms with E-state index in [1.165, 1.54) is 0 Å². The second kappa shape index (κ2) is 6.45. The third-order valence-electron chi connectivity index (χ3n) is 5.11. The van der Waals surface area contributed by atoms with Gasteiger partial charge in [-0.1, -0.05) is 37.0 Å². The highest BCUT2D eigenvalue weighted by molar-refractivity contribution is 6.33. The Hall–Kier alpha value is -0.280. The average Bonchev–Trinajstić information content (AvgIpc) is 2.47. The van der Waals surface area contributed by atoms with Crippen molar-refractivity contribution in [2.75, 3.05) is 13.1 Å². The highest BCUT2D eigenvalue weighted by atomic mass is 35.5. The van der Waals surface area contributed by atoms with Crippen LogP contribution in [0, 0.1) is 0 Å². The lowest BCUT2D eigenvalue weighted by Gasteiger charge is -2.52. The molecule has 0 radical (unpaired) electrons. The van der Waals surface area contributed by atoms with Gasteiger partial charge in [-0.15, -0.1) is 0 Å². The zero-order valence-electron chi connectivity index (χ0n) is 13.5. The molecule has 1 aromatic rings. The number of nitrogens with zero attached hydrogens (tertiary/aromatic N) is 1. The van der Waals surface area contributed by atoms with Crippen LogP contribution in [-0.2, 0) is 6.54 Å². The second-order valence-electron chi connectivity index (χ2n) is 6.71. The topological polar surface area (TPSA) is 15.3 Å². The Labute approximate surface area is 138 Å². The van der Waals surface area contributed by atoms with Crippen molar-refractivity contribution in [2.24, 2.45) is 0 Å². The van der Waals surface area contributed by atoms with Crippen LogP contribution in [0.2, 0.25) is 10.0 Å². The lowest BCUT2D eigenvalue weighted by molar-refractivity contribution is 0.0105. The van der Waals surface area contributed by atoms with Crippen LogP contribution in [0.4, 0.5) is 0 Å². The molecule has 1 heterocycles. The predicted octanol–water partition coefficient (Wildman–Crippen LogP) is 4.74. The first-order chi connectivity index (χ1) is 9.82. The minimum absolute atomic E-state index is 0.153. The fourth-order valence-corrected chi connectivity index (χ4v) is 3.26. The molecule has 2 atom stereocenters. The van der Waals surface area contributed by atoms with E-state index in [2.05, 4.69) is 37.9 Å². The molecule has 0 saturated carbocycles. The summed E-state index contributed by atoms with van der Waals surface area (Å²) in [5, 5.41) is 5.28. The molecule has 1 N–H and O–H groups in total. The van der Waals surface area contributed by atoms with E-state index < -0.39 is 0 Å². The van der Waals surface area contributed by atoms with Gasteiger partial charge in [0.2, 0.25) is 0 Å². The van der Waals surface area contributed by atoms with Crippen molar-refractivity contribution in [1.29, 1.82) is 0 Å². The summed E-state index contributed by atoms with van der Waals surface area (Å²) in [5.41, 5.74) is 1.43. The van der Waals surface area contributed by atoms with Gasteiger partial charge in [0, 0.05) is 40.8 Å². The first kappa shape index (κ1) is 17.1. The highest BCUT2D eigenvalue weighted by Gasteiger charge is 2.40. The molecule has 0 aromatic heterocycles. The largest absolute Gasteiger partial charge is 0.308 e. The number of piperazine rings is 1. The number of hydrogen-bond donors (Lipinski definition) is 1. The van der Waals surface area contributed by atoms with E-state index in [9.17, 15) is 0 Å². The lowest BCUT2D eigenvalue weighted by Crippen LogP contribution is -2.67. The molecule has 0 amide bonds. The standard InChI is InChI=1S/C17H26Cl2N2/c1-5-16(3)12-21(17(4,6-2)11-20-16)10-13-9-14(18)7-8-15(13)19/h7-9,20H,5-6,10-12H2,1-4H3. The van der Waals surface area contributed by atoms with Gasteiger partial charge in [-0.3, -0.25) is 4.90 Å². The van der Waals surface area contributed by atoms with Crippen molar-refractivity contribution >= 4 is 23.2 Å². The molecule has 1 saturated heterocycles. The molecule has 21 heavy (non-hydrogen) atoms. The van der Waals surface area contributed by atoms with Crippen molar-refractivity contribution in [2.45, 2.75) is 58.2 Å². The van der Waals surface area contributed by atoms with Gasteiger partial charge >= 0.3 is 0 Å². The number of benzene rings is 1. The molecular formula is C17H26Cl2N2. The van der Waals surface area contributed by atoms with E-state index in [1.807, 2.05) is 18.2 Å². The summed E-state index contributed by atoms with van der Waals surface area (Å²) in [5.74, 6) is 0. The number of halogens is 2. The van der Waals surface area contributed by atoms with Gasteiger partial charge in [0.05, 0.1) is 0 Å². The highest BCUT2D eigenvalue weighted by Crippen LogP contribution is 2.32. The number of hydrogen-bond acceptors (Lipinski definition) is 2. The Bertz CT molecular complexity index is 506. The van der Waals surface area contributed by atoms with E-state index >= 15 is 0 Å². The second-order valence-corrected chi connectivity index (χ2v) is 7.55. The molecule has 0 bridgehead atoms. The van der Waals surface area contributed by atoms with Gasteiger partial charge in [0.15, 0.2) is 0 Å². The van der Waals surface area contributed by atoms with Crippen LogP contribution in [0.3, 0.4) is 0 Å². The molecule has 118 valence electrons. The number of nitrogens with one attached hydrogen (secondary N) is 1. The smallest absolute Gasteiger partial charge is 0.0452 e. The van der Waals surface area contributed by atoms with Crippen LogP contribution >= 0.6 is 23.2 Å². The fraction of sp³-hybridized carbons (Fsp3) is 0.647. The van der Waals surface area contributed by atoms with E-state index in [0.29, 0.717) is 0 Å². The van der Waals surface area contributed by atoms with Crippen LogP contribution in [0.5, 0.6) is 0 Å². The van der Waals surface area contributed by atoms with Gasteiger partial charge in [-0.2, -0.15) is 0 Å². The average molecular weight is 329 g/mol. The fourth-order valence-electron chi connectivity index (χ4n) is 2.89. The molecule has 2 rings (SSSR count). The minimum atomic E-state index is 0.153. The van der Waals surface area contributed by atoms with E-state index in [0.717, 1.165) is 48.1 Å². The van der Waals surface area contributed by atoms with Crippen LogP contribution in [0.25, 0.3) is 0 Å². The Morgan fingerprint density at radius 2 is 1.90 bits per heavy atom. The monoisotopic (exact) mass is 328 g/mol. The molecule has 1 aliphatic heterocycles. The maximum atomic E-state index is 6.36. The van der Waals surface area contributed by atoms with E-state index in [4.69, 9.17) is 23.2 Å². The summed E-state index contributed by atoms with van der Waals surface area (Å²) < 4.78 is 0. The van der Waals surface area contributed by atoms with Crippen molar-refractivity contribution in [3.8, 4) is 0 Å². The molecule has 0 aliphatic carbocycles. The zero-order chi connectivity index (χ0) is 15.7. The van der Waals surface area contributed by atoms with Gasteiger partial charge < -0.3 is 5.32 Å². The van der Waals surface area contributed by atoms with Crippen molar-refractivity contribution in [3.63, 3.8) is 0 Å². The van der Waals surface area contributed by atoms with Crippen molar-refractivity contribution in [1.82, 2.24) is 10.2 Å². The van der Waals surface area contributed by atoms with Crippen molar-refractivity contribution in [3.05, 3.63) is 33.8 Å². The summed E-state index contributed by atoms with van der Waals surface area (Å²) in [6.45, 7) is 12.0. The maximum absolute atomic E-state index is 6.36. The Balaban J connectivity index is 2.26. The third-order valence-corrected chi connectivity index (χ3v) is 5.71. The molecule has 1 aromatic carbocycles. The summed E-state index contributed by atoms with van der Waals surface area (Å²) in [4.78, 5) is 2.56. The normalized spacial score (nSPS) is 30.6. The van der Waals surface area contributed by atoms with Gasteiger partial charge in [0.1, 0.15) is 0 Å². The minimum Gasteiger partial charge on any atom is -0.308 e. The summed E-state index contributed by atoms with van der Waals surface area (Å²) in [6.07, 6.45) is 2.23. The van der Waals surface area contributed by atoms with Crippen LogP contribution in [-0.4, -0.2) is 29.1 Å². The molecule has 2 nitrogen and oxygen atoms in total. The Morgan fingerprint density at radius 1 is 1.19 bits per heavy atom. The summed E-state index contributed by atoms with van der Waals surface area (Å²) in [6, 6.07) is 5.73. The summed E-state index contributed by atoms with van der Waals surface area (Å²) >= 11 is 12.5. The van der Waals surface area contributed by atoms with Gasteiger partial charge in [0.25, 0.3) is 0 Å². The molecule has 2 unspecified atom stereocenters. The quantitative estimate of drug-likeness (QED) is 0.859. The maximum Gasteiger partial charge on any atom is 0.0452 e. The molecule has 1 aliphatic rings. The van der Waals surface area contributed by atoms with E-state index in [-0.39, 0.29) is 11.1 Å². The van der Waals surface area contributed by atoms with Gasteiger partial charge in [-0.25, -0.2) is 0 Å². The Morgan fingerprint density at radius 3 is 2.52 bits per heavy atom. The molecular weight excluding hydrogens is 303 g/mol. The zero-order valence-corrected chi connectivity index (χ0v) is 15.0. The predicted molar refractivity (Wildman–Crippen MR) is 92.3 cm³/mol. The lowest BCUT2D eigenvalue weighted by atomic mass is 9.85. The number of rotatable bonds is 4. The van der Waals surface area contributed by atoms with Crippen LogP contribution in [0.15, 0.2) is 18.2 Å². The van der Waals surface area contributed by atoms with Gasteiger partial charge in [-0.05, 0) is 50.5 Å². The molecule has 0 spiro atoms. The summed E-state index contributed by atoms with van der Waals surface area (Å²) in [7, 11) is 0. The first-order valence-corrected chi connectivity index (χ1v) is 8.51. The van der Waals surface area contributed by atoms with Crippen LogP contribution < -0.4 is 5.32 Å². The SMILES string of the molecule is CCC1(C)CN(Cc2cc(Cl)ccc2Cl)C(C)(CC)CN1. The third kappa shape index (κ3) is 3.73. The molecule has 1 fully saturated rings. The van der Waals surface area contributed by atoms with Crippen LogP contribution in [0.1, 0.15) is 46.1 Å². The van der Waals surface area contributed by atoms with Crippen molar-refractivity contribution < 1.29 is 0 Å².